The zero-order valence-electron chi connectivity index (χ0n) is 16.0. The van der Waals surface area contributed by atoms with E-state index in [0.29, 0.717) is 42.3 Å². The largest absolute Gasteiger partial charge is 0.494 e. The average molecular weight is 415 g/mol. The van der Waals surface area contributed by atoms with Crippen LogP contribution in [-0.2, 0) is 9.59 Å². The maximum Gasteiger partial charge on any atom is 0.282 e. The first-order chi connectivity index (χ1) is 14.0. The van der Waals surface area contributed by atoms with E-state index in [0.717, 1.165) is 23.8 Å². The summed E-state index contributed by atoms with van der Waals surface area (Å²) in [6.07, 6.45) is 1.92. The molecule has 2 aromatic carbocycles. The van der Waals surface area contributed by atoms with Gasteiger partial charge in [-0.2, -0.15) is 0 Å². The average Bonchev–Trinajstić information content (AvgIpc) is 3.31. The van der Waals surface area contributed by atoms with Crippen molar-refractivity contribution in [3.8, 4) is 5.75 Å². The molecule has 0 aliphatic carbocycles. The number of benzene rings is 2. The molecule has 0 aromatic heterocycles. The van der Waals surface area contributed by atoms with Crippen LogP contribution in [0.3, 0.4) is 0 Å². The van der Waals surface area contributed by atoms with Crippen molar-refractivity contribution in [1.82, 2.24) is 4.90 Å². The van der Waals surface area contributed by atoms with E-state index in [9.17, 15) is 14.0 Å². The Morgan fingerprint density at radius 1 is 1.03 bits per heavy atom. The molecule has 2 aromatic rings. The summed E-state index contributed by atoms with van der Waals surface area (Å²) in [5.41, 5.74) is 1.63. The lowest BCUT2D eigenvalue weighted by molar-refractivity contribution is -0.120. The molecule has 2 heterocycles. The highest BCUT2D eigenvalue weighted by molar-refractivity contribution is 6.45. The first kappa shape index (κ1) is 19.5. The van der Waals surface area contributed by atoms with Crippen LogP contribution in [0.15, 0.2) is 48.2 Å². The van der Waals surface area contributed by atoms with Gasteiger partial charge >= 0.3 is 0 Å². The number of anilines is 1. The number of hydrogen-bond donors (Lipinski definition) is 0. The number of likely N-dealkylation sites (tertiary alicyclic amines) is 1. The molecular formula is C22H20ClFN2O3. The Morgan fingerprint density at radius 2 is 1.72 bits per heavy atom. The van der Waals surface area contributed by atoms with Gasteiger partial charge in [0.15, 0.2) is 0 Å². The van der Waals surface area contributed by atoms with E-state index in [1.807, 2.05) is 11.8 Å². The number of halogens is 2. The van der Waals surface area contributed by atoms with Crippen molar-refractivity contribution in [2.24, 2.45) is 0 Å². The number of rotatable bonds is 5. The predicted octanol–water partition coefficient (Wildman–Crippen LogP) is 4.26. The second-order valence-corrected chi connectivity index (χ2v) is 7.33. The van der Waals surface area contributed by atoms with E-state index < -0.39 is 17.6 Å². The molecule has 0 N–H and O–H groups in total. The maximum absolute atomic E-state index is 13.6. The van der Waals surface area contributed by atoms with Gasteiger partial charge in [0.05, 0.1) is 22.9 Å². The van der Waals surface area contributed by atoms with Gasteiger partial charge in [-0.25, -0.2) is 9.29 Å². The Hall–Kier alpha value is -2.86. The summed E-state index contributed by atoms with van der Waals surface area (Å²) in [6, 6.07) is 11.0. The lowest BCUT2D eigenvalue weighted by atomic mass is 10.0. The van der Waals surface area contributed by atoms with Gasteiger partial charge in [0, 0.05) is 13.1 Å². The van der Waals surface area contributed by atoms with Crippen molar-refractivity contribution in [3.05, 3.63) is 64.6 Å². The third-order valence-electron chi connectivity index (χ3n) is 5.10. The number of hydrogen-bond acceptors (Lipinski definition) is 4. The highest BCUT2D eigenvalue weighted by Gasteiger charge is 2.43. The Bertz CT molecular complexity index is 998. The molecular weight excluding hydrogens is 395 g/mol. The standard InChI is InChI=1S/C22H20ClFN2O3/c1-2-29-16-8-5-14(6-9-16)19-20(25-11-3-4-12-25)22(28)26(21(19)27)15-7-10-18(24)17(23)13-15/h5-10,13H,2-4,11-12H2,1H3. The van der Waals surface area contributed by atoms with Crippen molar-refractivity contribution < 1.29 is 18.7 Å². The van der Waals surface area contributed by atoms with E-state index in [1.165, 1.54) is 12.1 Å². The lowest BCUT2D eigenvalue weighted by Crippen LogP contribution is -2.34. The van der Waals surface area contributed by atoms with Crippen LogP contribution in [0.2, 0.25) is 5.02 Å². The summed E-state index contributed by atoms with van der Waals surface area (Å²) in [5.74, 6) is -0.764. The summed E-state index contributed by atoms with van der Waals surface area (Å²) in [5, 5.41) is -0.139. The molecule has 0 unspecified atom stereocenters. The van der Waals surface area contributed by atoms with Gasteiger partial charge in [0.2, 0.25) is 0 Å². The van der Waals surface area contributed by atoms with Crippen molar-refractivity contribution in [1.29, 1.82) is 0 Å². The quantitative estimate of drug-likeness (QED) is 0.686. The zero-order chi connectivity index (χ0) is 20.5. The molecule has 2 aliphatic rings. The summed E-state index contributed by atoms with van der Waals surface area (Å²) < 4.78 is 19.1. The number of carbonyl (C=O) groups excluding carboxylic acids is 2. The number of imide groups is 1. The number of carbonyl (C=O) groups is 2. The fourth-order valence-electron chi connectivity index (χ4n) is 3.76. The third-order valence-corrected chi connectivity index (χ3v) is 5.39. The van der Waals surface area contributed by atoms with Gasteiger partial charge < -0.3 is 9.64 Å². The Labute approximate surface area is 173 Å². The van der Waals surface area contributed by atoms with E-state index in [1.54, 1.807) is 24.3 Å². The van der Waals surface area contributed by atoms with Crippen LogP contribution in [0, 0.1) is 5.82 Å². The van der Waals surface area contributed by atoms with Crippen LogP contribution >= 0.6 is 11.6 Å². The predicted molar refractivity (Wildman–Crippen MR) is 109 cm³/mol. The third kappa shape index (κ3) is 3.49. The zero-order valence-corrected chi connectivity index (χ0v) is 16.7. The summed E-state index contributed by atoms with van der Waals surface area (Å²) in [6.45, 7) is 3.87. The minimum Gasteiger partial charge on any atom is -0.494 e. The molecule has 4 rings (SSSR count). The second-order valence-electron chi connectivity index (χ2n) is 6.92. The Kier molecular flexibility index (Phi) is 5.28. The Balaban J connectivity index is 1.78. The molecule has 2 amide bonds. The molecule has 0 saturated carbocycles. The second kappa shape index (κ2) is 7.87. The topological polar surface area (TPSA) is 49.9 Å². The molecule has 0 spiro atoms. The number of amides is 2. The highest BCUT2D eigenvalue weighted by atomic mass is 35.5. The molecule has 1 saturated heterocycles. The molecule has 5 nitrogen and oxygen atoms in total. The molecule has 7 heteroatoms. The van der Waals surface area contributed by atoms with Crippen LogP contribution in [-0.4, -0.2) is 36.4 Å². The van der Waals surface area contributed by atoms with Gasteiger partial charge in [0.1, 0.15) is 17.3 Å². The van der Waals surface area contributed by atoms with Crippen molar-refractivity contribution in [2.45, 2.75) is 19.8 Å². The summed E-state index contributed by atoms with van der Waals surface area (Å²) >= 11 is 5.89. The van der Waals surface area contributed by atoms with Gasteiger partial charge in [-0.05, 0) is 55.7 Å². The van der Waals surface area contributed by atoms with E-state index in [2.05, 4.69) is 0 Å². The van der Waals surface area contributed by atoms with Crippen molar-refractivity contribution >= 4 is 34.7 Å². The van der Waals surface area contributed by atoms with E-state index in [4.69, 9.17) is 16.3 Å². The van der Waals surface area contributed by atoms with Crippen LogP contribution in [0.4, 0.5) is 10.1 Å². The fourth-order valence-corrected chi connectivity index (χ4v) is 3.93. The van der Waals surface area contributed by atoms with Crippen LogP contribution in [0.5, 0.6) is 5.75 Å². The molecule has 0 radical (unpaired) electrons. The number of nitrogens with zero attached hydrogens (tertiary/aromatic N) is 2. The SMILES string of the molecule is CCOc1ccc(C2=C(N3CCCC3)C(=O)N(c3ccc(F)c(Cl)c3)C2=O)cc1. The van der Waals surface area contributed by atoms with E-state index in [-0.39, 0.29) is 10.7 Å². The van der Waals surface area contributed by atoms with Crippen molar-refractivity contribution in [2.75, 3.05) is 24.6 Å². The van der Waals surface area contributed by atoms with Crippen LogP contribution < -0.4 is 9.64 Å². The van der Waals surface area contributed by atoms with Gasteiger partial charge in [-0.1, -0.05) is 23.7 Å². The van der Waals surface area contributed by atoms with Crippen LogP contribution in [0.1, 0.15) is 25.3 Å². The summed E-state index contributed by atoms with van der Waals surface area (Å²) in [7, 11) is 0. The molecule has 1 fully saturated rings. The first-order valence-electron chi connectivity index (χ1n) is 9.57. The lowest BCUT2D eigenvalue weighted by Gasteiger charge is -2.20. The van der Waals surface area contributed by atoms with Gasteiger partial charge in [-0.15, -0.1) is 0 Å². The molecule has 29 heavy (non-hydrogen) atoms. The minimum absolute atomic E-state index is 0.139. The van der Waals surface area contributed by atoms with E-state index >= 15 is 0 Å². The summed E-state index contributed by atoms with van der Waals surface area (Å²) in [4.78, 5) is 29.7. The minimum atomic E-state index is -0.603. The fraction of sp³-hybridized carbons (Fsp3) is 0.273. The smallest absolute Gasteiger partial charge is 0.282 e. The molecule has 150 valence electrons. The Morgan fingerprint density at radius 3 is 2.34 bits per heavy atom. The monoisotopic (exact) mass is 414 g/mol. The normalized spacial score (nSPS) is 16.9. The molecule has 0 bridgehead atoms. The highest BCUT2D eigenvalue weighted by Crippen LogP contribution is 2.37. The maximum atomic E-state index is 13.6. The van der Waals surface area contributed by atoms with Crippen molar-refractivity contribution in [3.63, 3.8) is 0 Å². The van der Waals surface area contributed by atoms with Gasteiger partial charge in [0.25, 0.3) is 11.8 Å². The number of ether oxygens (including phenoxy) is 1. The first-order valence-corrected chi connectivity index (χ1v) is 9.95. The molecule has 0 atom stereocenters. The van der Waals surface area contributed by atoms with Gasteiger partial charge in [-0.3, -0.25) is 9.59 Å². The molecule has 2 aliphatic heterocycles. The van der Waals surface area contributed by atoms with Crippen LogP contribution in [0.25, 0.3) is 5.57 Å².